The van der Waals surface area contributed by atoms with E-state index in [4.69, 9.17) is 0 Å². The van der Waals surface area contributed by atoms with Gasteiger partial charge in [0.05, 0.1) is 10.6 Å². The highest BCUT2D eigenvalue weighted by molar-refractivity contribution is 7.22. The van der Waals surface area contributed by atoms with Crippen molar-refractivity contribution in [2.75, 3.05) is 11.4 Å². The molecule has 1 heterocycles. The SMILES string of the molecule is CCCCCCCCCCCCCCCCN(C(=O)CC(C)C(=O)O)c1nc2c(F)c(F)cc(F)c2s1. The number of benzene rings is 1. The first-order valence-electron chi connectivity index (χ1n) is 13.7. The van der Waals surface area contributed by atoms with E-state index in [0.29, 0.717) is 12.5 Å². The molecule has 1 atom stereocenters. The molecule has 2 aromatic rings. The number of carboxylic acids is 1. The zero-order chi connectivity index (χ0) is 27.2. The van der Waals surface area contributed by atoms with Crippen LogP contribution in [0.4, 0.5) is 18.3 Å². The lowest BCUT2D eigenvalue weighted by molar-refractivity contribution is -0.143. The smallest absolute Gasteiger partial charge is 0.306 e. The van der Waals surface area contributed by atoms with E-state index in [1.54, 1.807) is 0 Å². The van der Waals surface area contributed by atoms with Gasteiger partial charge < -0.3 is 5.11 Å². The van der Waals surface area contributed by atoms with Gasteiger partial charge in [-0.15, -0.1) is 0 Å². The molecule has 0 aliphatic rings. The van der Waals surface area contributed by atoms with Crippen LogP contribution in [0, 0.1) is 23.4 Å². The van der Waals surface area contributed by atoms with Gasteiger partial charge in [-0.3, -0.25) is 14.5 Å². The van der Waals surface area contributed by atoms with Crippen molar-refractivity contribution >= 4 is 38.6 Å². The van der Waals surface area contributed by atoms with Gasteiger partial charge in [0.25, 0.3) is 0 Å². The second-order valence-electron chi connectivity index (χ2n) is 9.91. The molecule has 0 radical (unpaired) electrons. The van der Waals surface area contributed by atoms with Crippen LogP contribution in [0.5, 0.6) is 0 Å². The van der Waals surface area contributed by atoms with Crippen molar-refractivity contribution in [1.29, 1.82) is 0 Å². The quantitative estimate of drug-likeness (QED) is 0.142. The van der Waals surface area contributed by atoms with E-state index in [1.165, 1.54) is 76.0 Å². The summed E-state index contributed by atoms with van der Waals surface area (Å²) < 4.78 is 41.8. The molecule has 208 valence electrons. The van der Waals surface area contributed by atoms with Crippen molar-refractivity contribution in [1.82, 2.24) is 4.98 Å². The fourth-order valence-electron chi connectivity index (χ4n) is 4.34. The van der Waals surface area contributed by atoms with E-state index < -0.39 is 40.8 Å². The molecular formula is C28H41F3N2O3S. The summed E-state index contributed by atoms with van der Waals surface area (Å²) in [6.07, 6.45) is 16.3. The van der Waals surface area contributed by atoms with Crippen molar-refractivity contribution in [2.24, 2.45) is 5.92 Å². The van der Waals surface area contributed by atoms with Gasteiger partial charge in [-0.2, -0.15) is 0 Å². The number of carbonyl (C=O) groups excluding carboxylic acids is 1. The summed E-state index contributed by atoms with van der Waals surface area (Å²) in [5, 5.41) is 9.24. The predicted molar refractivity (Wildman–Crippen MR) is 144 cm³/mol. The summed E-state index contributed by atoms with van der Waals surface area (Å²) in [6, 6.07) is 0.464. The lowest BCUT2D eigenvalue weighted by Gasteiger charge is -2.21. The van der Waals surface area contributed by atoms with Crippen molar-refractivity contribution in [3.05, 3.63) is 23.5 Å². The Morgan fingerprint density at radius 1 is 0.892 bits per heavy atom. The number of anilines is 1. The van der Waals surface area contributed by atoms with E-state index in [9.17, 15) is 27.9 Å². The van der Waals surface area contributed by atoms with Crippen molar-refractivity contribution in [3.63, 3.8) is 0 Å². The van der Waals surface area contributed by atoms with Gasteiger partial charge in [0.2, 0.25) is 5.91 Å². The minimum Gasteiger partial charge on any atom is -0.481 e. The van der Waals surface area contributed by atoms with Crippen LogP contribution in [0.1, 0.15) is 110 Å². The van der Waals surface area contributed by atoms with Gasteiger partial charge in [-0.05, 0) is 6.42 Å². The second-order valence-corrected chi connectivity index (χ2v) is 10.9. The lowest BCUT2D eigenvalue weighted by atomic mass is 10.0. The molecular weight excluding hydrogens is 501 g/mol. The Bertz CT molecular complexity index is 999. The normalized spacial score (nSPS) is 12.2. The zero-order valence-electron chi connectivity index (χ0n) is 22.2. The molecule has 2 rings (SSSR count). The maximum absolute atomic E-state index is 14.2. The summed E-state index contributed by atoms with van der Waals surface area (Å²) in [4.78, 5) is 29.4. The van der Waals surface area contributed by atoms with Gasteiger partial charge in [-0.1, -0.05) is 109 Å². The Kier molecular flexibility index (Phi) is 14.0. The minimum atomic E-state index is -1.34. The maximum Gasteiger partial charge on any atom is 0.306 e. The third-order valence-corrected chi connectivity index (χ3v) is 7.76. The Balaban J connectivity index is 1.83. The summed E-state index contributed by atoms with van der Waals surface area (Å²) in [5.41, 5.74) is -0.456. The monoisotopic (exact) mass is 542 g/mol. The number of halogens is 3. The number of carbonyl (C=O) groups is 2. The molecule has 1 amide bonds. The van der Waals surface area contributed by atoms with Gasteiger partial charge in [-0.25, -0.2) is 18.2 Å². The van der Waals surface area contributed by atoms with Crippen molar-refractivity contribution in [3.8, 4) is 0 Å². The third kappa shape index (κ3) is 10.3. The summed E-state index contributed by atoms with van der Waals surface area (Å²) in [7, 11) is 0. The standard InChI is InChI=1S/C28H41F3N2O3S/c1-3-4-5-6-7-8-9-10-11-12-13-14-15-16-17-33(23(34)18-20(2)27(35)36)28-32-25-24(31)21(29)19-22(30)26(25)37-28/h19-20H,3-18H2,1-2H3,(H,35,36). The summed E-state index contributed by atoms with van der Waals surface area (Å²) in [5.74, 6) is -6.04. The number of aromatic nitrogens is 1. The number of thiazole rings is 1. The number of carboxylic acid groups (broad SMARTS) is 1. The molecule has 9 heteroatoms. The van der Waals surface area contributed by atoms with Crippen molar-refractivity contribution in [2.45, 2.75) is 110 Å². The van der Waals surface area contributed by atoms with E-state index in [-0.39, 0.29) is 22.8 Å². The van der Waals surface area contributed by atoms with Crippen LogP contribution < -0.4 is 4.90 Å². The highest BCUT2D eigenvalue weighted by Gasteiger charge is 2.26. The number of nitrogens with zero attached hydrogens (tertiary/aromatic N) is 2. The number of hydrogen-bond acceptors (Lipinski definition) is 4. The fourth-order valence-corrected chi connectivity index (χ4v) is 5.35. The number of rotatable bonds is 19. The Morgan fingerprint density at radius 2 is 1.41 bits per heavy atom. The van der Waals surface area contributed by atoms with E-state index in [1.807, 2.05) is 0 Å². The van der Waals surface area contributed by atoms with Crippen LogP contribution in [0.25, 0.3) is 10.2 Å². The number of amides is 1. The average molecular weight is 543 g/mol. The van der Waals surface area contributed by atoms with Crippen LogP contribution in [-0.4, -0.2) is 28.5 Å². The molecule has 0 saturated heterocycles. The highest BCUT2D eigenvalue weighted by Crippen LogP contribution is 2.34. The summed E-state index contributed by atoms with van der Waals surface area (Å²) >= 11 is 0.770. The number of unbranched alkanes of at least 4 members (excludes halogenated alkanes) is 13. The molecule has 0 bridgehead atoms. The maximum atomic E-state index is 14.2. The fraction of sp³-hybridized carbons (Fsp3) is 0.679. The molecule has 0 aliphatic carbocycles. The molecule has 1 aromatic carbocycles. The number of hydrogen-bond donors (Lipinski definition) is 1. The van der Waals surface area contributed by atoms with Crippen LogP contribution in [0.3, 0.4) is 0 Å². The molecule has 0 saturated carbocycles. The first kappa shape index (κ1) is 31.1. The third-order valence-electron chi connectivity index (χ3n) is 6.67. The highest BCUT2D eigenvalue weighted by atomic mass is 32.1. The molecule has 1 unspecified atom stereocenters. The van der Waals surface area contributed by atoms with Gasteiger partial charge in [0.1, 0.15) is 11.3 Å². The first-order chi connectivity index (χ1) is 17.8. The molecule has 37 heavy (non-hydrogen) atoms. The molecule has 0 spiro atoms. The van der Waals surface area contributed by atoms with Crippen LogP contribution in [0.15, 0.2) is 6.07 Å². The van der Waals surface area contributed by atoms with Gasteiger partial charge in [0.15, 0.2) is 16.8 Å². The molecule has 1 aromatic heterocycles. The van der Waals surface area contributed by atoms with E-state index in [2.05, 4.69) is 11.9 Å². The Labute approximate surface area is 222 Å². The minimum absolute atomic E-state index is 0.0516. The average Bonchev–Trinajstić information content (AvgIpc) is 3.30. The molecule has 5 nitrogen and oxygen atoms in total. The first-order valence-corrected chi connectivity index (χ1v) is 14.5. The number of aliphatic carboxylic acids is 1. The lowest BCUT2D eigenvalue weighted by Crippen LogP contribution is -2.34. The van der Waals surface area contributed by atoms with Crippen LogP contribution in [0.2, 0.25) is 0 Å². The van der Waals surface area contributed by atoms with Crippen LogP contribution in [-0.2, 0) is 9.59 Å². The second kappa shape index (κ2) is 16.6. The van der Waals surface area contributed by atoms with Crippen LogP contribution >= 0.6 is 11.3 Å². The van der Waals surface area contributed by atoms with E-state index >= 15 is 0 Å². The Morgan fingerprint density at radius 3 is 1.92 bits per heavy atom. The summed E-state index contributed by atoms with van der Waals surface area (Å²) in [6.45, 7) is 3.92. The van der Waals surface area contributed by atoms with E-state index in [0.717, 1.165) is 30.6 Å². The topological polar surface area (TPSA) is 70.5 Å². The molecule has 1 N–H and O–H groups in total. The zero-order valence-corrected chi connectivity index (χ0v) is 23.0. The number of fused-ring (bicyclic) bond motifs is 1. The largest absolute Gasteiger partial charge is 0.481 e. The van der Waals surface area contributed by atoms with Gasteiger partial charge in [0, 0.05) is 19.0 Å². The van der Waals surface area contributed by atoms with Crippen molar-refractivity contribution < 1.29 is 27.9 Å². The van der Waals surface area contributed by atoms with Gasteiger partial charge >= 0.3 is 5.97 Å². The molecule has 0 fully saturated rings. The predicted octanol–water partition coefficient (Wildman–Crippen LogP) is 8.64. The molecule has 0 aliphatic heterocycles. The Hall–Kier alpha value is -2.16.